The van der Waals surface area contributed by atoms with Gasteiger partial charge in [-0.3, -0.25) is 0 Å². The van der Waals surface area contributed by atoms with Crippen molar-refractivity contribution in [3.63, 3.8) is 0 Å². The molecule has 6 heteroatoms. The number of halogens is 1. The fourth-order valence-corrected chi connectivity index (χ4v) is 3.75. The summed E-state index contributed by atoms with van der Waals surface area (Å²) < 4.78 is 15.0. The average Bonchev–Trinajstić information content (AvgIpc) is 3.07. The van der Waals surface area contributed by atoms with E-state index in [1.54, 1.807) is 15.9 Å². The molecule has 0 spiro atoms. The van der Waals surface area contributed by atoms with E-state index < -0.39 is 5.95 Å². The minimum atomic E-state index is -0.491. The van der Waals surface area contributed by atoms with Crippen molar-refractivity contribution in [3.8, 4) is 0 Å². The lowest BCUT2D eigenvalue weighted by Crippen LogP contribution is -2.23. The van der Waals surface area contributed by atoms with Crippen LogP contribution in [0.15, 0.2) is 23.8 Å². The number of nitrogens with zero attached hydrogens (tertiary/aromatic N) is 4. The summed E-state index contributed by atoms with van der Waals surface area (Å²) in [5.41, 5.74) is 2.51. The molecule has 0 N–H and O–H groups in total. The molecule has 0 bridgehead atoms. The molecule has 0 saturated heterocycles. The molecule has 0 radical (unpaired) electrons. The normalized spacial score (nSPS) is 22.0. The second kappa shape index (κ2) is 3.60. The van der Waals surface area contributed by atoms with E-state index in [9.17, 15) is 4.39 Å². The molecule has 4 nitrogen and oxygen atoms in total. The maximum absolute atomic E-state index is 13.4. The van der Waals surface area contributed by atoms with E-state index in [1.807, 2.05) is 17.8 Å². The summed E-state index contributed by atoms with van der Waals surface area (Å²) in [5, 5.41) is 6.98. The first-order valence-corrected chi connectivity index (χ1v) is 7.00. The highest BCUT2D eigenvalue weighted by Gasteiger charge is 2.41. The lowest BCUT2D eigenvalue weighted by atomic mass is 9.88. The van der Waals surface area contributed by atoms with Crippen molar-refractivity contribution in [2.75, 3.05) is 0 Å². The lowest BCUT2D eigenvalue weighted by molar-refractivity contribution is 0.519. The summed E-state index contributed by atoms with van der Waals surface area (Å²) >= 11 is 1.63. The minimum absolute atomic E-state index is 0.205. The molecule has 3 aromatic rings. The first kappa shape index (κ1) is 11.0. The van der Waals surface area contributed by atoms with E-state index in [2.05, 4.69) is 22.0 Å². The van der Waals surface area contributed by atoms with Crippen molar-refractivity contribution in [3.05, 3.63) is 46.1 Å². The SMILES string of the molecule is CC1(c2nccs2)CCc2cnc3cc(F)nn3c21. The van der Waals surface area contributed by atoms with Gasteiger partial charge in [0.1, 0.15) is 5.01 Å². The van der Waals surface area contributed by atoms with E-state index in [0.717, 1.165) is 29.1 Å². The zero-order valence-electron chi connectivity index (χ0n) is 10.3. The molecule has 1 unspecified atom stereocenters. The molecule has 3 aromatic heterocycles. The largest absolute Gasteiger partial charge is 0.249 e. The Morgan fingerprint density at radius 2 is 2.32 bits per heavy atom. The van der Waals surface area contributed by atoms with Crippen LogP contribution in [-0.2, 0) is 11.8 Å². The molecule has 0 saturated carbocycles. The zero-order valence-corrected chi connectivity index (χ0v) is 11.1. The van der Waals surface area contributed by atoms with Gasteiger partial charge in [-0.2, -0.15) is 4.39 Å². The molecular weight excluding hydrogens is 263 g/mol. The number of rotatable bonds is 1. The average molecular weight is 274 g/mol. The molecule has 1 atom stereocenters. The number of aromatic nitrogens is 4. The summed E-state index contributed by atoms with van der Waals surface area (Å²) in [6, 6.07) is 1.36. The number of fused-ring (bicyclic) bond motifs is 3. The second-order valence-electron chi connectivity index (χ2n) is 5.04. The van der Waals surface area contributed by atoms with E-state index in [-0.39, 0.29) is 5.41 Å². The minimum Gasteiger partial charge on any atom is -0.249 e. The van der Waals surface area contributed by atoms with Crippen LogP contribution < -0.4 is 0 Å². The second-order valence-corrected chi connectivity index (χ2v) is 5.93. The van der Waals surface area contributed by atoms with Crippen LogP contribution in [-0.4, -0.2) is 19.6 Å². The van der Waals surface area contributed by atoms with Gasteiger partial charge in [-0.1, -0.05) is 0 Å². The molecular formula is C13H11FN4S. The van der Waals surface area contributed by atoms with Gasteiger partial charge in [-0.15, -0.1) is 16.4 Å². The van der Waals surface area contributed by atoms with Crippen molar-refractivity contribution >= 4 is 17.0 Å². The molecule has 0 fully saturated rings. The van der Waals surface area contributed by atoms with Gasteiger partial charge >= 0.3 is 0 Å². The Kier molecular flexibility index (Phi) is 2.09. The molecule has 3 heterocycles. The first-order chi connectivity index (χ1) is 9.18. The summed E-state index contributed by atoms with van der Waals surface area (Å²) in [7, 11) is 0. The van der Waals surface area contributed by atoms with Crippen LogP contribution in [0.5, 0.6) is 0 Å². The first-order valence-electron chi connectivity index (χ1n) is 6.12. The Bertz CT molecular complexity index is 764. The summed E-state index contributed by atoms with van der Waals surface area (Å²) in [6.45, 7) is 2.15. The molecule has 0 aromatic carbocycles. The smallest absolute Gasteiger partial charge is 0.235 e. The lowest BCUT2D eigenvalue weighted by Gasteiger charge is -2.22. The van der Waals surface area contributed by atoms with Crippen LogP contribution in [0.1, 0.15) is 29.6 Å². The van der Waals surface area contributed by atoms with Crippen LogP contribution in [0, 0.1) is 5.95 Å². The third-order valence-corrected chi connectivity index (χ3v) is 4.89. The van der Waals surface area contributed by atoms with Gasteiger partial charge in [-0.25, -0.2) is 14.5 Å². The number of hydrogen-bond acceptors (Lipinski definition) is 4. The van der Waals surface area contributed by atoms with E-state index in [4.69, 9.17) is 0 Å². The Morgan fingerprint density at radius 3 is 3.11 bits per heavy atom. The topological polar surface area (TPSA) is 43.1 Å². The predicted molar refractivity (Wildman–Crippen MR) is 69.8 cm³/mol. The summed E-state index contributed by atoms with van der Waals surface area (Å²) in [5.74, 6) is -0.491. The fourth-order valence-electron chi connectivity index (χ4n) is 2.92. The summed E-state index contributed by atoms with van der Waals surface area (Å²) in [6.07, 6.45) is 5.53. The van der Waals surface area contributed by atoms with Crippen molar-refractivity contribution in [2.45, 2.75) is 25.2 Å². The van der Waals surface area contributed by atoms with Crippen molar-refractivity contribution in [1.82, 2.24) is 19.6 Å². The van der Waals surface area contributed by atoms with Crippen molar-refractivity contribution in [1.29, 1.82) is 0 Å². The predicted octanol–water partition coefficient (Wildman–Crippen LogP) is 2.58. The molecule has 19 heavy (non-hydrogen) atoms. The zero-order chi connectivity index (χ0) is 13.0. The molecule has 1 aliphatic rings. The van der Waals surface area contributed by atoms with Gasteiger partial charge in [0.05, 0.1) is 11.1 Å². The van der Waals surface area contributed by atoms with Crippen LogP contribution in [0.25, 0.3) is 5.65 Å². The monoisotopic (exact) mass is 274 g/mol. The van der Waals surface area contributed by atoms with Gasteiger partial charge in [0, 0.05) is 23.8 Å². The highest BCUT2D eigenvalue weighted by molar-refractivity contribution is 7.09. The van der Waals surface area contributed by atoms with Gasteiger partial charge in [0.25, 0.3) is 0 Å². The maximum Gasteiger partial charge on any atom is 0.235 e. The Hall–Kier alpha value is -1.82. The van der Waals surface area contributed by atoms with Gasteiger partial charge in [0.15, 0.2) is 5.65 Å². The Labute approximate surface area is 112 Å². The number of hydrogen-bond donors (Lipinski definition) is 0. The molecule has 0 amide bonds. The number of thiazole rings is 1. The fraction of sp³-hybridized carbons (Fsp3) is 0.308. The van der Waals surface area contributed by atoms with E-state index in [0.29, 0.717) is 5.65 Å². The van der Waals surface area contributed by atoms with Gasteiger partial charge in [-0.05, 0) is 25.3 Å². The highest BCUT2D eigenvalue weighted by atomic mass is 32.1. The summed E-state index contributed by atoms with van der Waals surface area (Å²) in [4.78, 5) is 8.71. The van der Waals surface area contributed by atoms with Gasteiger partial charge in [0.2, 0.25) is 5.95 Å². The molecule has 4 rings (SSSR count). The van der Waals surface area contributed by atoms with Crippen molar-refractivity contribution < 1.29 is 4.39 Å². The van der Waals surface area contributed by atoms with Gasteiger partial charge < -0.3 is 0 Å². The van der Waals surface area contributed by atoms with Crippen LogP contribution >= 0.6 is 11.3 Å². The Morgan fingerprint density at radius 1 is 1.42 bits per heavy atom. The van der Waals surface area contributed by atoms with E-state index >= 15 is 0 Å². The third kappa shape index (κ3) is 1.40. The maximum atomic E-state index is 13.4. The van der Waals surface area contributed by atoms with Crippen molar-refractivity contribution in [2.24, 2.45) is 0 Å². The third-order valence-electron chi connectivity index (χ3n) is 3.85. The highest BCUT2D eigenvalue weighted by Crippen LogP contribution is 2.44. The van der Waals surface area contributed by atoms with Crippen LogP contribution in [0.4, 0.5) is 4.39 Å². The Balaban J connectivity index is 2.06. The number of aryl methyl sites for hydroxylation is 1. The quantitative estimate of drug-likeness (QED) is 0.685. The molecule has 1 aliphatic carbocycles. The molecule has 96 valence electrons. The van der Waals surface area contributed by atoms with Crippen LogP contribution in [0.3, 0.4) is 0 Å². The molecule has 0 aliphatic heterocycles. The standard InChI is InChI=1S/C13H11FN4S/c1-13(12-15-4-5-19-12)3-2-8-7-16-10-6-9(14)17-18(10)11(8)13/h4-7H,2-3H2,1H3. The van der Waals surface area contributed by atoms with Crippen LogP contribution in [0.2, 0.25) is 0 Å². The van der Waals surface area contributed by atoms with E-state index in [1.165, 1.54) is 6.07 Å².